The molecule has 0 saturated carbocycles. The lowest BCUT2D eigenvalue weighted by Crippen LogP contribution is -2.60. The number of benzene rings is 1. The zero-order valence-electron chi connectivity index (χ0n) is 16.1. The molecule has 2 atom stereocenters. The van der Waals surface area contributed by atoms with Crippen molar-refractivity contribution in [3.8, 4) is 0 Å². The van der Waals surface area contributed by atoms with Gasteiger partial charge in [-0.25, -0.2) is 9.59 Å². The average Bonchev–Trinajstić information content (AvgIpc) is 3.14. The number of carbonyl (C=O) groups excluding carboxylic acids is 3. The van der Waals surface area contributed by atoms with E-state index in [2.05, 4.69) is 0 Å². The number of hydrogen-bond donors (Lipinski definition) is 1. The highest BCUT2D eigenvalue weighted by molar-refractivity contribution is 6.31. The minimum atomic E-state index is -5.10. The number of likely N-dealkylation sites (N-methyl/N-ethyl adjacent to an activating group) is 1. The zero-order valence-corrected chi connectivity index (χ0v) is 16.9. The topological polar surface area (TPSA) is 94.2 Å². The number of ether oxygens (including phenoxy) is 3. The molecule has 1 fully saturated rings. The fourth-order valence-corrected chi connectivity index (χ4v) is 3.81. The molecule has 0 bridgehead atoms. The molecule has 1 N–H and O–H groups in total. The van der Waals surface area contributed by atoms with Gasteiger partial charge in [0.2, 0.25) is 5.60 Å². The van der Waals surface area contributed by atoms with Gasteiger partial charge in [0.1, 0.15) is 6.04 Å². The minimum absolute atomic E-state index is 0.0482. The second kappa shape index (κ2) is 7.40. The number of esters is 2. The van der Waals surface area contributed by atoms with Gasteiger partial charge in [-0.3, -0.25) is 10.1 Å². The zero-order chi connectivity index (χ0) is 22.5. The van der Waals surface area contributed by atoms with E-state index in [0.29, 0.717) is 0 Å². The lowest BCUT2D eigenvalue weighted by molar-refractivity contribution is -0.207. The normalized spacial score (nSPS) is 24.8. The van der Waals surface area contributed by atoms with E-state index in [-0.39, 0.29) is 29.5 Å². The minimum Gasteiger partial charge on any atom is -0.462 e. The van der Waals surface area contributed by atoms with E-state index >= 15 is 0 Å². The van der Waals surface area contributed by atoms with Gasteiger partial charge in [-0.05, 0) is 26.0 Å². The third-order valence-electron chi connectivity index (χ3n) is 4.86. The van der Waals surface area contributed by atoms with Crippen LogP contribution in [0.1, 0.15) is 19.4 Å². The summed E-state index contributed by atoms with van der Waals surface area (Å²) in [6.45, 7) is 2.28. The van der Waals surface area contributed by atoms with Crippen LogP contribution in [-0.4, -0.2) is 56.1 Å². The molecule has 164 valence electrons. The number of fused-ring (bicyclic) bond motifs is 2. The number of alkyl halides is 3. The van der Waals surface area contributed by atoms with Crippen LogP contribution >= 0.6 is 11.6 Å². The molecule has 1 aromatic rings. The lowest BCUT2D eigenvalue weighted by atomic mass is 9.87. The van der Waals surface area contributed by atoms with Gasteiger partial charge < -0.3 is 19.1 Å². The van der Waals surface area contributed by atoms with Gasteiger partial charge >= 0.3 is 23.8 Å². The summed E-state index contributed by atoms with van der Waals surface area (Å²) in [5, 5.41) is 2.04. The van der Waals surface area contributed by atoms with Gasteiger partial charge in [-0.1, -0.05) is 17.7 Å². The molecule has 2 heterocycles. The Bertz CT molecular complexity index is 890. The summed E-state index contributed by atoms with van der Waals surface area (Å²) in [6, 6.07) is 0.998. The first kappa shape index (κ1) is 22.3. The van der Waals surface area contributed by atoms with Crippen LogP contribution in [0, 0.1) is 0 Å². The molecule has 1 spiro atoms. The van der Waals surface area contributed by atoms with E-state index in [1.807, 2.05) is 5.32 Å². The number of rotatable bonds is 4. The highest BCUT2D eigenvalue weighted by Gasteiger charge is 2.76. The Labute approximate surface area is 174 Å². The van der Waals surface area contributed by atoms with Crippen molar-refractivity contribution in [3.63, 3.8) is 0 Å². The Kier molecular flexibility index (Phi) is 5.50. The molecular weight excluding hydrogens is 433 g/mol. The SMILES string of the molecule is CCOC(=O)C1(C(=O)OCC)N[C@@H](C(F)(F)F)[C@]2(O1)C(=O)N(C)c1cc(Cl)ccc12. The van der Waals surface area contributed by atoms with Crippen LogP contribution in [0.4, 0.5) is 18.9 Å². The standard InChI is InChI=1S/C18H18ClF3N2O6/c1-4-28-14(26)17(15(27)29-5-2)23-12(18(20,21)22)16(30-17)10-7-6-9(19)8-11(10)24(3)13(16)25/h6-8,12,23H,4-5H2,1-3H3/t12-,16+/m1/s1. The maximum Gasteiger partial charge on any atom is 0.407 e. The molecule has 8 nitrogen and oxygen atoms in total. The predicted molar refractivity (Wildman–Crippen MR) is 96.6 cm³/mol. The largest absolute Gasteiger partial charge is 0.462 e. The molecule has 1 amide bonds. The molecular formula is C18H18ClF3N2O6. The van der Waals surface area contributed by atoms with Crippen LogP contribution in [0.5, 0.6) is 0 Å². The summed E-state index contributed by atoms with van der Waals surface area (Å²) in [4.78, 5) is 39.3. The number of hydrogen-bond acceptors (Lipinski definition) is 7. The van der Waals surface area contributed by atoms with Crippen molar-refractivity contribution in [1.29, 1.82) is 0 Å². The molecule has 3 rings (SSSR count). The predicted octanol–water partition coefficient (Wildman–Crippen LogP) is 1.88. The molecule has 2 aliphatic rings. The van der Waals surface area contributed by atoms with Crippen molar-refractivity contribution in [2.75, 3.05) is 25.2 Å². The third-order valence-corrected chi connectivity index (χ3v) is 5.10. The third kappa shape index (κ3) is 3.03. The summed E-state index contributed by atoms with van der Waals surface area (Å²) < 4.78 is 57.5. The van der Waals surface area contributed by atoms with Gasteiger partial charge in [0, 0.05) is 17.6 Å². The number of carbonyl (C=O) groups is 3. The van der Waals surface area contributed by atoms with E-state index in [1.54, 1.807) is 0 Å². The Morgan fingerprint density at radius 3 is 2.30 bits per heavy atom. The molecule has 1 aromatic carbocycles. The lowest BCUT2D eigenvalue weighted by Gasteiger charge is -2.30. The van der Waals surface area contributed by atoms with Crippen LogP contribution in [0.25, 0.3) is 0 Å². The molecule has 0 unspecified atom stereocenters. The Morgan fingerprint density at radius 1 is 1.23 bits per heavy atom. The van der Waals surface area contributed by atoms with Gasteiger partial charge in [-0.2, -0.15) is 13.2 Å². The number of nitrogens with one attached hydrogen (secondary N) is 1. The Morgan fingerprint density at radius 2 is 1.80 bits per heavy atom. The van der Waals surface area contributed by atoms with E-state index in [9.17, 15) is 27.6 Å². The second-order valence-electron chi connectivity index (χ2n) is 6.60. The number of anilines is 1. The Hall–Kier alpha value is -2.37. The van der Waals surface area contributed by atoms with Crippen molar-refractivity contribution < 1.29 is 41.8 Å². The highest BCUT2D eigenvalue weighted by atomic mass is 35.5. The van der Waals surface area contributed by atoms with E-state index in [4.69, 9.17) is 25.8 Å². The van der Waals surface area contributed by atoms with Crippen LogP contribution in [-0.2, 0) is 34.2 Å². The maximum absolute atomic E-state index is 14.1. The van der Waals surface area contributed by atoms with Crippen molar-refractivity contribution in [3.05, 3.63) is 28.8 Å². The number of halogens is 4. The summed E-state index contributed by atoms with van der Waals surface area (Å²) in [5.74, 6) is -4.04. The van der Waals surface area contributed by atoms with Crippen LogP contribution in [0.3, 0.4) is 0 Å². The maximum atomic E-state index is 14.1. The highest BCUT2D eigenvalue weighted by Crippen LogP contribution is 2.54. The second-order valence-corrected chi connectivity index (χ2v) is 7.04. The van der Waals surface area contributed by atoms with Crippen molar-refractivity contribution in [1.82, 2.24) is 5.32 Å². The van der Waals surface area contributed by atoms with E-state index < -0.39 is 41.4 Å². The molecule has 0 radical (unpaired) electrons. The van der Waals surface area contributed by atoms with Crippen LogP contribution in [0.15, 0.2) is 18.2 Å². The van der Waals surface area contributed by atoms with Gasteiger partial charge in [0.05, 0.1) is 18.9 Å². The molecule has 1 saturated heterocycles. The quantitative estimate of drug-likeness (QED) is 0.553. The summed E-state index contributed by atoms with van der Waals surface area (Å²) >= 11 is 5.93. The first-order valence-corrected chi connectivity index (χ1v) is 9.30. The monoisotopic (exact) mass is 450 g/mol. The smallest absolute Gasteiger partial charge is 0.407 e. The van der Waals surface area contributed by atoms with Crippen molar-refractivity contribution in [2.24, 2.45) is 0 Å². The molecule has 12 heteroatoms. The van der Waals surface area contributed by atoms with E-state index in [0.717, 1.165) is 4.90 Å². The van der Waals surface area contributed by atoms with Gasteiger partial charge in [-0.15, -0.1) is 0 Å². The summed E-state index contributed by atoms with van der Waals surface area (Å²) in [5.41, 5.74) is -5.92. The van der Waals surface area contributed by atoms with Gasteiger partial charge in [0.25, 0.3) is 5.91 Å². The average molecular weight is 451 g/mol. The summed E-state index contributed by atoms with van der Waals surface area (Å²) in [6.07, 6.45) is -5.10. The molecule has 2 aliphatic heterocycles. The van der Waals surface area contributed by atoms with Crippen molar-refractivity contribution >= 4 is 35.1 Å². The van der Waals surface area contributed by atoms with Crippen LogP contribution < -0.4 is 10.2 Å². The fourth-order valence-electron chi connectivity index (χ4n) is 3.64. The molecule has 30 heavy (non-hydrogen) atoms. The molecule has 0 aliphatic carbocycles. The first-order valence-electron chi connectivity index (χ1n) is 8.92. The number of nitrogens with zero attached hydrogens (tertiary/aromatic N) is 1. The van der Waals surface area contributed by atoms with Crippen molar-refractivity contribution in [2.45, 2.75) is 37.4 Å². The van der Waals surface area contributed by atoms with E-state index in [1.165, 1.54) is 39.1 Å². The summed E-state index contributed by atoms with van der Waals surface area (Å²) in [7, 11) is 1.23. The van der Waals surface area contributed by atoms with Gasteiger partial charge in [0.15, 0.2) is 0 Å². The first-order chi connectivity index (χ1) is 14.0. The fraction of sp³-hybridized carbons (Fsp3) is 0.500. The Balaban J connectivity index is 2.27. The van der Waals surface area contributed by atoms with Crippen LogP contribution in [0.2, 0.25) is 5.02 Å². The molecule has 0 aromatic heterocycles. The number of amides is 1.